The number of nitrogens with zero attached hydrogens (tertiary/aromatic N) is 1. The molecular weight excluding hydrogens is 336 g/mol. The molecule has 3 aromatic rings. The van der Waals surface area contributed by atoms with Crippen LogP contribution in [0.3, 0.4) is 0 Å². The molecule has 1 heterocycles. The van der Waals surface area contributed by atoms with E-state index in [9.17, 15) is 4.79 Å². The molecule has 0 atom stereocenters. The van der Waals surface area contributed by atoms with Crippen molar-refractivity contribution < 1.29 is 9.53 Å². The molecular formula is C23H24N2O2. The van der Waals surface area contributed by atoms with Crippen LogP contribution in [-0.2, 0) is 12.0 Å². The maximum absolute atomic E-state index is 12.6. The Morgan fingerprint density at radius 2 is 1.67 bits per heavy atom. The van der Waals surface area contributed by atoms with Gasteiger partial charge in [-0.05, 0) is 40.8 Å². The number of benzene rings is 2. The third-order valence-corrected chi connectivity index (χ3v) is 4.25. The van der Waals surface area contributed by atoms with Gasteiger partial charge in [-0.3, -0.25) is 4.79 Å². The fraction of sp³-hybridized carbons (Fsp3) is 0.217. The Labute approximate surface area is 160 Å². The molecule has 4 heteroatoms. The van der Waals surface area contributed by atoms with E-state index in [2.05, 4.69) is 31.1 Å². The van der Waals surface area contributed by atoms with Gasteiger partial charge in [0, 0.05) is 11.8 Å². The smallest absolute Gasteiger partial charge is 0.256 e. The first-order valence-electron chi connectivity index (χ1n) is 8.97. The van der Waals surface area contributed by atoms with Crippen LogP contribution in [0.2, 0.25) is 0 Å². The maximum atomic E-state index is 12.6. The molecule has 27 heavy (non-hydrogen) atoms. The molecule has 138 valence electrons. The fourth-order valence-electron chi connectivity index (χ4n) is 2.64. The van der Waals surface area contributed by atoms with Crippen LogP contribution in [0.15, 0.2) is 72.9 Å². The number of hydrogen-bond acceptors (Lipinski definition) is 3. The van der Waals surface area contributed by atoms with E-state index in [1.165, 1.54) is 5.56 Å². The first kappa shape index (κ1) is 18.6. The summed E-state index contributed by atoms with van der Waals surface area (Å²) in [4.78, 5) is 16.9. The number of carbonyl (C=O) groups excluding carboxylic acids is 1. The molecule has 2 aromatic carbocycles. The van der Waals surface area contributed by atoms with Crippen LogP contribution in [-0.4, -0.2) is 10.9 Å². The van der Waals surface area contributed by atoms with Crippen LogP contribution >= 0.6 is 0 Å². The average Bonchev–Trinajstić information content (AvgIpc) is 2.67. The fourth-order valence-corrected chi connectivity index (χ4v) is 2.64. The maximum Gasteiger partial charge on any atom is 0.256 e. The first-order valence-corrected chi connectivity index (χ1v) is 8.97. The summed E-state index contributed by atoms with van der Waals surface area (Å²) in [7, 11) is 0. The lowest BCUT2D eigenvalue weighted by molar-refractivity contribution is 0.102. The van der Waals surface area contributed by atoms with E-state index in [0.717, 1.165) is 5.56 Å². The predicted octanol–water partition coefficient (Wildman–Crippen LogP) is 5.21. The van der Waals surface area contributed by atoms with Crippen molar-refractivity contribution in [2.24, 2.45) is 0 Å². The van der Waals surface area contributed by atoms with Gasteiger partial charge in [0.25, 0.3) is 5.91 Å². The van der Waals surface area contributed by atoms with Gasteiger partial charge < -0.3 is 10.1 Å². The van der Waals surface area contributed by atoms with E-state index in [0.29, 0.717) is 23.7 Å². The number of nitrogens with one attached hydrogen (secondary N) is 1. The molecule has 0 spiro atoms. The summed E-state index contributed by atoms with van der Waals surface area (Å²) in [5.74, 6) is 0.748. The summed E-state index contributed by atoms with van der Waals surface area (Å²) in [6, 6.07) is 21.1. The molecule has 0 radical (unpaired) electrons. The molecule has 0 aliphatic heterocycles. The Balaban J connectivity index is 1.71. The van der Waals surface area contributed by atoms with Gasteiger partial charge in [-0.15, -0.1) is 0 Å². The van der Waals surface area contributed by atoms with Gasteiger partial charge in [-0.2, -0.15) is 0 Å². The molecule has 0 aliphatic carbocycles. The number of carbonyl (C=O) groups is 1. The Bertz CT molecular complexity index is 898. The molecule has 1 amide bonds. The molecule has 0 unspecified atom stereocenters. The van der Waals surface area contributed by atoms with Crippen molar-refractivity contribution in [1.29, 1.82) is 0 Å². The molecule has 0 saturated heterocycles. The quantitative estimate of drug-likeness (QED) is 0.679. The summed E-state index contributed by atoms with van der Waals surface area (Å²) < 4.78 is 5.85. The zero-order valence-electron chi connectivity index (χ0n) is 15.9. The second kappa shape index (κ2) is 8.04. The summed E-state index contributed by atoms with van der Waals surface area (Å²) in [5.41, 5.74) is 2.87. The van der Waals surface area contributed by atoms with Gasteiger partial charge in [0.05, 0.1) is 0 Å². The topological polar surface area (TPSA) is 51.2 Å². The van der Waals surface area contributed by atoms with Crippen LogP contribution in [0, 0.1) is 0 Å². The Kier molecular flexibility index (Phi) is 5.55. The second-order valence-corrected chi connectivity index (χ2v) is 7.41. The van der Waals surface area contributed by atoms with E-state index in [1.807, 2.05) is 54.6 Å². The first-order chi connectivity index (χ1) is 12.9. The Hall–Kier alpha value is -3.14. The molecule has 1 aromatic heterocycles. The van der Waals surface area contributed by atoms with E-state index in [-0.39, 0.29) is 11.3 Å². The Morgan fingerprint density at radius 3 is 2.33 bits per heavy atom. The highest BCUT2D eigenvalue weighted by Gasteiger charge is 2.15. The Morgan fingerprint density at radius 1 is 0.963 bits per heavy atom. The van der Waals surface area contributed by atoms with Crippen molar-refractivity contribution in [3.8, 4) is 5.75 Å². The normalized spacial score (nSPS) is 11.1. The highest BCUT2D eigenvalue weighted by atomic mass is 16.5. The molecule has 0 bridgehead atoms. The average molecular weight is 360 g/mol. The van der Waals surface area contributed by atoms with Crippen molar-refractivity contribution in [1.82, 2.24) is 4.98 Å². The van der Waals surface area contributed by atoms with Crippen molar-refractivity contribution in [2.45, 2.75) is 32.8 Å². The van der Waals surface area contributed by atoms with Gasteiger partial charge >= 0.3 is 0 Å². The van der Waals surface area contributed by atoms with E-state index in [1.54, 1.807) is 18.3 Å². The van der Waals surface area contributed by atoms with E-state index in [4.69, 9.17) is 4.74 Å². The predicted molar refractivity (Wildman–Crippen MR) is 108 cm³/mol. The van der Waals surface area contributed by atoms with Crippen molar-refractivity contribution in [3.05, 3.63) is 89.6 Å². The van der Waals surface area contributed by atoms with Gasteiger partial charge in [0.1, 0.15) is 6.61 Å². The van der Waals surface area contributed by atoms with Gasteiger partial charge in [-0.1, -0.05) is 63.2 Å². The van der Waals surface area contributed by atoms with Crippen LogP contribution in [0.4, 0.5) is 5.82 Å². The number of anilines is 1. The lowest BCUT2D eigenvalue weighted by atomic mass is 9.87. The number of hydrogen-bond donors (Lipinski definition) is 1. The number of pyridine rings is 1. The summed E-state index contributed by atoms with van der Waals surface area (Å²) >= 11 is 0. The largest absolute Gasteiger partial charge is 0.485 e. The number of ether oxygens (including phenoxy) is 1. The van der Waals surface area contributed by atoms with E-state index >= 15 is 0 Å². The zero-order valence-corrected chi connectivity index (χ0v) is 15.9. The van der Waals surface area contributed by atoms with Crippen molar-refractivity contribution in [2.75, 3.05) is 5.32 Å². The van der Waals surface area contributed by atoms with Crippen molar-refractivity contribution in [3.63, 3.8) is 0 Å². The van der Waals surface area contributed by atoms with Gasteiger partial charge in [0.2, 0.25) is 0 Å². The molecule has 4 nitrogen and oxygen atoms in total. The lowest BCUT2D eigenvalue weighted by Crippen LogP contribution is -2.15. The number of aromatic nitrogens is 1. The monoisotopic (exact) mass is 360 g/mol. The third-order valence-electron chi connectivity index (χ3n) is 4.25. The molecule has 0 fully saturated rings. The lowest BCUT2D eigenvalue weighted by Gasteiger charge is -2.19. The summed E-state index contributed by atoms with van der Waals surface area (Å²) in [6.07, 6.45) is 1.63. The second-order valence-electron chi connectivity index (χ2n) is 7.41. The number of amides is 1. The number of rotatable bonds is 5. The highest BCUT2D eigenvalue weighted by Crippen LogP contribution is 2.24. The SMILES string of the molecule is CC(C)(C)c1ccc(C(=O)Nc2ncccc2OCc2ccccc2)cc1. The van der Waals surface area contributed by atoms with Crippen LogP contribution in [0.1, 0.15) is 42.3 Å². The van der Waals surface area contributed by atoms with Crippen LogP contribution in [0.25, 0.3) is 0 Å². The minimum absolute atomic E-state index is 0.0500. The minimum atomic E-state index is -0.210. The standard InChI is InChI=1S/C23H24N2O2/c1-23(2,3)19-13-11-18(12-14-19)22(26)25-21-20(10-7-15-24-21)27-16-17-8-5-4-6-9-17/h4-15H,16H2,1-3H3,(H,24,25,26). The minimum Gasteiger partial charge on any atom is -0.485 e. The molecule has 0 saturated carbocycles. The molecule has 0 aliphatic rings. The highest BCUT2D eigenvalue weighted by molar-refractivity contribution is 6.04. The van der Waals surface area contributed by atoms with Crippen LogP contribution in [0.5, 0.6) is 5.75 Å². The van der Waals surface area contributed by atoms with Crippen molar-refractivity contribution >= 4 is 11.7 Å². The third kappa shape index (κ3) is 4.94. The zero-order chi connectivity index (χ0) is 19.3. The summed E-state index contributed by atoms with van der Waals surface area (Å²) in [5, 5.41) is 2.85. The molecule has 1 N–H and O–H groups in total. The van der Waals surface area contributed by atoms with E-state index < -0.39 is 0 Å². The van der Waals surface area contributed by atoms with Gasteiger partial charge in [-0.25, -0.2) is 4.98 Å². The van der Waals surface area contributed by atoms with Crippen LogP contribution < -0.4 is 10.1 Å². The van der Waals surface area contributed by atoms with Gasteiger partial charge in [0.15, 0.2) is 11.6 Å². The summed E-state index contributed by atoms with van der Waals surface area (Å²) in [6.45, 7) is 6.85. The molecule has 3 rings (SSSR count).